The van der Waals surface area contributed by atoms with Crippen LogP contribution in [-0.4, -0.2) is 59.0 Å². The van der Waals surface area contributed by atoms with E-state index in [1.54, 1.807) is 36.4 Å². The van der Waals surface area contributed by atoms with Crippen molar-refractivity contribution < 1.29 is 41.7 Å². The molecule has 0 N–H and O–H groups in total. The van der Waals surface area contributed by atoms with Gasteiger partial charge in [-0.25, -0.2) is 14.4 Å². The van der Waals surface area contributed by atoms with Crippen molar-refractivity contribution >= 4 is 32.9 Å². The second-order valence-electron chi connectivity index (χ2n) is 14.8. The average molecular weight is 825 g/mol. The van der Waals surface area contributed by atoms with Crippen LogP contribution in [0.3, 0.4) is 0 Å². The highest BCUT2D eigenvalue weighted by molar-refractivity contribution is 5.79. The molecule has 12 heteroatoms. The van der Waals surface area contributed by atoms with Gasteiger partial charge in [0.15, 0.2) is 0 Å². The summed E-state index contributed by atoms with van der Waals surface area (Å²) >= 11 is 0. The van der Waals surface area contributed by atoms with Gasteiger partial charge in [0.05, 0.1) is 33.0 Å². The van der Waals surface area contributed by atoms with Crippen molar-refractivity contribution in [3.05, 3.63) is 122 Å². The van der Waals surface area contributed by atoms with Gasteiger partial charge in [-0.15, -0.1) is 0 Å². The van der Waals surface area contributed by atoms with Crippen LogP contribution >= 0.6 is 0 Å². The van der Waals surface area contributed by atoms with Crippen LogP contribution in [0.25, 0.3) is 32.9 Å². The van der Waals surface area contributed by atoms with Crippen molar-refractivity contribution in [3.8, 4) is 17.2 Å². The molecule has 0 spiro atoms. The van der Waals surface area contributed by atoms with E-state index in [2.05, 4.69) is 0 Å². The van der Waals surface area contributed by atoms with E-state index in [9.17, 15) is 14.4 Å². The maximum Gasteiger partial charge on any atom is 0.336 e. The van der Waals surface area contributed by atoms with Gasteiger partial charge >= 0.3 is 16.9 Å². The molecule has 0 unspecified atom stereocenters. The first-order chi connectivity index (χ1) is 29.5. The molecule has 0 aliphatic heterocycles. The van der Waals surface area contributed by atoms with Crippen LogP contribution in [0.15, 0.2) is 119 Å². The minimum atomic E-state index is -0.373. The fourth-order valence-electron chi connectivity index (χ4n) is 6.66. The molecule has 0 bridgehead atoms. The van der Waals surface area contributed by atoms with E-state index in [0.29, 0.717) is 86.9 Å². The van der Waals surface area contributed by atoms with Gasteiger partial charge in [-0.3, -0.25) is 0 Å². The van der Waals surface area contributed by atoms with Gasteiger partial charge in [0.1, 0.15) is 40.1 Å². The first-order valence-corrected chi connectivity index (χ1v) is 21.3. The molecule has 3 aromatic heterocycles. The summed E-state index contributed by atoms with van der Waals surface area (Å²) in [5.74, 6) is 2.08. The number of fused-ring (bicyclic) bond motifs is 3. The molecular formula is C48H56O12. The summed E-state index contributed by atoms with van der Waals surface area (Å²) in [4.78, 5) is 34.6. The van der Waals surface area contributed by atoms with Crippen LogP contribution in [0.1, 0.15) is 77.0 Å². The Morgan fingerprint density at radius 2 is 0.683 bits per heavy atom. The number of benzene rings is 3. The zero-order valence-electron chi connectivity index (χ0n) is 34.3. The van der Waals surface area contributed by atoms with E-state index in [1.165, 1.54) is 18.2 Å². The van der Waals surface area contributed by atoms with Crippen LogP contribution in [0, 0.1) is 0 Å². The van der Waals surface area contributed by atoms with Crippen molar-refractivity contribution in [1.29, 1.82) is 0 Å². The Kier molecular flexibility index (Phi) is 18.1. The molecule has 0 radical (unpaired) electrons. The Balaban J connectivity index is 0.819. The Labute approximate surface area is 349 Å². The minimum Gasteiger partial charge on any atom is -0.493 e. The maximum absolute atomic E-state index is 11.5. The molecule has 0 atom stereocenters. The second-order valence-corrected chi connectivity index (χ2v) is 14.8. The van der Waals surface area contributed by atoms with Gasteiger partial charge in [0.25, 0.3) is 0 Å². The molecule has 320 valence electrons. The number of ether oxygens (including phenoxy) is 6. The Hall–Kier alpha value is -5.43. The van der Waals surface area contributed by atoms with E-state index in [4.69, 9.17) is 41.7 Å². The van der Waals surface area contributed by atoms with Crippen molar-refractivity contribution in [1.82, 2.24) is 0 Å². The fourth-order valence-corrected chi connectivity index (χ4v) is 6.66. The summed E-state index contributed by atoms with van der Waals surface area (Å²) in [7, 11) is 0. The highest BCUT2D eigenvalue weighted by Gasteiger charge is 2.11. The lowest BCUT2D eigenvalue weighted by molar-refractivity contribution is -0.0616. The molecule has 6 aromatic rings. The molecule has 0 saturated heterocycles. The lowest BCUT2D eigenvalue weighted by atomic mass is 10.2. The molecule has 0 amide bonds. The SMILES string of the molecule is O=c1ccc2ccc(OCCCCCCOCC(COCCCCCCOc3ccc4ccc(=O)oc4c3)OCCCCCCOc3ccc4ccc(=O)oc4c3)cc2o1. The van der Waals surface area contributed by atoms with E-state index in [1.807, 2.05) is 36.4 Å². The summed E-state index contributed by atoms with van der Waals surface area (Å²) in [6.07, 6.45) is 11.6. The number of unbranched alkanes of at least 4 members (excludes halogenated alkanes) is 9. The molecule has 3 aromatic carbocycles. The molecule has 6 rings (SSSR count). The number of hydrogen-bond donors (Lipinski definition) is 0. The predicted octanol–water partition coefficient (Wildman–Crippen LogP) is 9.64. The standard InChI is InChI=1S/C48H56O12/c49-46-22-16-36-13-19-39(31-43(36)58-46)54-27-9-3-1-7-25-52-34-42(57-30-12-6-5-11-29-56-41-21-15-38-18-24-48(51)60-45(38)33-41)35-53-26-8-2-4-10-28-55-40-20-14-37-17-23-47(50)59-44(37)32-40/h13-24,31-33,42H,1-12,25-30,34-35H2. The summed E-state index contributed by atoms with van der Waals surface area (Å²) in [5.41, 5.74) is 0.461. The third kappa shape index (κ3) is 15.3. The van der Waals surface area contributed by atoms with Gasteiger partial charge in [0.2, 0.25) is 0 Å². The van der Waals surface area contributed by atoms with Crippen LogP contribution in [0.5, 0.6) is 17.2 Å². The van der Waals surface area contributed by atoms with Crippen molar-refractivity contribution in [3.63, 3.8) is 0 Å². The van der Waals surface area contributed by atoms with E-state index >= 15 is 0 Å². The van der Waals surface area contributed by atoms with E-state index in [-0.39, 0.29) is 23.0 Å². The van der Waals surface area contributed by atoms with Crippen molar-refractivity contribution in [2.24, 2.45) is 0 Å². The molecule has 0 aliphatic carbocycles. The van der Waals surface area contributed by atoms with Crippen LogP contribution in [0.4, 0.5) is 0 Å². The predicted molar refractivity (Wildman–Crippen MR) is 231 cm³/mol. The summed E-state index contributed by atoms with van der Waals surface area (Å²) in [6.45, 7) is 4.69. The van der Waals surface area contributed by atoms with Crippen LogP contribution in [-0.2, 0) is 14.2 Å². The Morgan fingerprint density at radius 3 is 1.05 bits per heavy atom. The number of rotatable bonds is 29. The number of hydrogen-bond acceptors (Lipinski definition) is 12. The quantitative estimate of drug-likeness (QED) is 0.0328. The summed E-state index contributed by atoms with van der Waals surface area (Å²) in [5, 5.41) is 2.59. The first-order valence-electron chi connectivity index (χ1n) is 21.3. The van der Waals surface area contributed by atoms with Gasteiger partial charge in [-0.2, -0.15) is 0 Å². The lowest BCUT2D eigenvalue weighted by Gasteiger charge is -2.18. The molecule has 0 saturated carbocycles. The fraction of sp³-hybridized carbons (Fsp3) is 0.438. The molecule has 3 heterocycles. The van der Waals surface area contributed by atoms with Crippen LogP contribution < -0.4 is 31.1 Å². The van der Waals surface area contributed by atoms with Crippen molar-refractivity contribution in [2.75, 3.05) is 52.9 Å². The third-order valence-electron chi connectivity index (χ3n) is 9.96. The smallest absolute Gasteiger partial charge is 0.336 e. The van der Waals surface area contributed by atoms with E-state index in [0.717, 1.165) is 93.2 Å². The first kappa shape index (κ1) is 44.1. The van der Waals surface area contributed by atoms with Gasteiger partial charge in [0, 0.05) is 72.4 Å². The monoisotopic (exact) mass is 824 g/mol. The highest BCUT2D eigenvalue weighted by atomic mass is 16.6. The van der Waals surface area contributed by atoms with Crippen molar-refractivity contribution in [2.45, 2.75) is 83.2 Å². The zero-order valence-corrected chi connectivity index (χ0v) is 34.3. The zero-order chi connectivity index (χ0) is 41.6. The van der Waals surface area contributed by atoms with Gasteiger partial charge in [-0.1, -0.05) is 19.3 Å². The highest BCUT2D eigenvalue weighted by Crippen LogP contribution is 2.22. The van der Waals surface area contributed by atoms with Gasteiger partial charge < -0.3 is 41.7 Å². The molecule has 60 heavy (non-hydrogen) atoms. The molecule has 0 fully saturated rings. The van der Waals surface area contributed by atoms with Crippen LogP contribution in [0.2, 0.25) is 0 Å². The van der Waals surface area contributed by atoms with Gasteiger partial charge in [-0.05, 0) is 112 Å². The molecular weight excluding hydrogens is 769 g/mol. The summed E-state index contributed by atoms with van der Waals surface area (Å²) < 4.78 is 51.7. The maximum atomic E-state index is 11.5. The third-order valence-corrected chi connectivity index (χ3v) is 9.96. The summed E-state index contributed by atoms with van der Waals surface area (Å²) in [6, 6.07) is 26.1. The molecule has 12 nitrogen and oxygen atoms in total. The average Bonchev–Trinajstić information content (AvgIpc) is 3.25. The minimum absolute atomic E-state index is 0.138. The normalized spacial score (nSPS) is 11.6. The largest absolute Gasteiger partial charge is 0.493 e. The Morgan fingerprint density at radius 1 is 0.367 bits per heavy atom. The van der Waals surface area contributed by atoms with E-state index < -0.39 is 0 Å². The molecule has 0 aliphatic rings. The topological polar surface area (TPSA) is 146 Å². The second kappa shape index (κ2) is 24.6. The Bertz CT molecular complexity index is 2250. The lowest BCUT2D eigenvalue weighted by Crippen LogP contribution is -2.27.